The molecule has 1 unspecified atom stereocenters. The van der Waals surface area contributed by atoms with Crippen LogP contribution < -0.4 is 5.73 Å². The second-order valence-electron chi connectivity index (χ2n) is 2.45. The van der Waals surface area contributed by atoms with Crippen molar-refractivity contribution in [1.29, 1.82) is 0 Å². The van der Waals surface area contributed by atoms with Crippen molar-refractivity contribution in [3.63, 3.8) is 0 Å². The minimum Gasteiger partial charge on any atom is -0.460 e. The number of hydrogen-bond donors (Lipinski definition) is 1. The molecule has 0 aromatic heterocycles. The topological polar surface area (TPSA) is 64.7 Å². The molecule has 0 spiro atoms. The van der Waals surface area contributed by atoms with Crippen LogP contribution in [0.5, 0.6) is 0 Å². The molecule has 0 aliphatic carbocycles. The summed E-state index contributed by atoms with van der Waals surface area (Å²) < 4.78 is 40.2. The normalized spacial score (nSPS) is 15.1. The zero-order valence-electron chi connectivity index (χ0n) is 7.76. The van der Waals surface area contributed by atoms with Crippen LogP contribution in [0.25, 0.3) is 0 Å². The summed E-state index contributed by atoms with van der Waals surface area (Å²) in [6, 6.07) is -2.01. The Morgan fingerprint density at radius 3 is 2.43 bits per heavy atom. The summed E-state index contributed by atoms with van der Waals surface area (Å²) in [6.45, 7) is 2.35. The van der Waals surface area contributed by atoms with Gasteiger partial charge in [-0.3, -0.25) is 0 Å². The molecule has 7 heteroatoms. The summed E-state index contributed by atoms with van der Waals surface area (Å²) in [4.78, 5) is 13.7. The fraction of sp³-hybridized carbons (Fsp3) is 0.714. The van der Waals surface area contributed by atoms with Gasteiger partial charge in [0.2, 0.25) is 5.84 Å². The molecule has 0 saturated heterocycles. The summed E-state index contributed by atoms with van der Waals surface area (Å²) in [5.41, 5.74) is 4.98. The molecule has 1 atom stereocenters. The molecule has 0 aliphatic rings. The quantitative estimate of drug-likeness (QED) is 0.419. The number of esters is 1. The van der Waals surface area contributed by atoms with Crippen molar-refractivity contribution in [3.8, 4) is 0 Å². The number of carbonyl (C=O) groups is 1. The third-order valence-corrected chi connectivity index (χ3v) is 1.29. The van der Waals surface area contributed by atoms with E-state index in [9.17, 15) is 18.0 Å². The van der Waals surface area contributed by atoms with Gasteiger partial charge in [-0.1, -0.05) is 0 Å². The molecule has 4 nitrogen and oxygen atoms in total. The highest BCUT2D eigenvalue weighted by Crippen LogP contribution is 2.22. The number of nitrogens with zero attached hydrogens (tertiary/aromatic N) is 1. The Morgan fingerprint density at radius 2 is 2.07 bits per heavy atom. The Labute approximate surface area is 78.9 Å². The average Bonchev–Trinajstić information content (AvgIpc) is 2.02. The predicted molar refractivity (Wildman–Crippen MR) is 43.8 cm³/mol. The Morgan fingerprint density at radius 1 is 1.57 bits per heavy atom. The number of carbonyl (C=O) groups excluding carboxylic acids is 1. The lowest BCUT2D eigenvalue weighted by atomic mass is 10.3. The van der Waals surface area contributed by atoms with E-state index in [2.05, 4.69) is 9.73 Å². The van der Waals surface area contributed by atoms with Gasteiger partial charge in [-0.05, 0) is 13.8 Å². The smallest absolute Gasteiger partial charge is 0.410 e. The van der Waals surface area contributed by atoms with Crippen molar-refractivity contribution in [2.75, 3.05) is 6.61 Å². The highest BCUT2D eigenvalue weighted by molar-refractivity contribution is 6.34. The van der Waals surface area contributed by atoms with Crippen LogP contribution in [-0.2, 0) is 9.53 Å². The summed E-state index contributed by atoms with van der Waals surface area (Å²) in [6.07, 6.45) is -4.50. The largest absolute Gasteiger partial charge is 0.460 e. The maximum absolute atomic E-state index is 11.9. The van der Waals surface area contributed by atoms with Crippen LogP contribution in [0.1, 0.15) is 13.8 Å². The van der Waals surface area contributed by atoms with Gasteiger partial charge in [-0.25, -0.2) is 9.79 Å². The van der Waals surface area contributed by atoms with Crippen molar-refractivity contribution in [1.82, 2.24) is 0 Å². The van der Waals surface area contributed by atoms with Crippen molar-refractivity contribution in [3.05, 3.63) is 0 Å². The van der Waals surface area contributed by atoms with E-state index in [0.29, 0.717) is 0 Å². The molecule has 82 valence electrons. The van der Waals surface area contributed by atoms with Gasteiger partial charge in [0, 0.05) is 0 Å². The Kier molecular flexibility index (Phi) is 4.39. The number of ether oxygens (including phenoxy) is 1. The van der Waals surface area contributed by atoms with Gasteiger partial charge in [-0.2, -0.15) is 13.2 Å². The fourth-order valence-corrected chi connectivity index (χ4v) is 0.540. The van der Waals surface area contributed by atoms with Crippen molar-refractivity contribution < 1.29 is 22.7 Å². The van der Waals surface area contributed by atoms with Crippen molar-refractivity contribution >= 4 is 11.8 Å². The lowest BCUT2D eigenvalue weighted by Crippen LogP contribution is -2.32. The van der Waals surface area contributed by atoms with Crippen LogP contribution in [0.2, 0.25) is 0 Å². The van der Waals surface area contributed by atoms with Crippen LogP contribution in [-0.4, -0.2) is 30.6 Å². The first-order valence-corrected chi connectivity index (χ1v) is 3.86. The van der Waals surface area contributed by atoms with E-state index < -0.39 is 24.0 Å². The van der Waals surface area contributed by atoms with Crippen LogP contribution in [0.4, 0.5) is 13.2 Å². The predicted octanol–water partition coefficient (Wildman–Crippen LogP) is 0.857. The Bertz CT molecular complexity index is 238. The second kappa shape index (κ2) is 4.83. The summed E-state index contributed by atoms with van der Waals surface area (Å²) >= 11 is 0. The number of halogens is 3. The highest BCUT2D eigenvalue weighted by atomic mass is 19.4. The van der Waals surface area contributed by atoms with Crippen molar-refractivity contribution in [2.45, 2.75) is 26.1 Å². The number of hydrogen-bond acceptors (Lipinski definition) is 3. The SMILES string of the molecule is CCOC(=O)/C(N)=N/C(C)C(F)(F)F. The molecule has 0 bridgehead atoms. The van der Waals surface area contributed by atoms with Crippen LogP contribution >= 0.6 is 0 Å². The first kappa shape index (κ1) is 12.7. The third-order valence-electron chi connectivity index (χ3n) is 1.29. The van der Waals surface area contributed by atoms with E-state index in [1.165, 1.54) is 6.92 Å². The van der Waals surface area contributed by atoms with Crippen LogP contribution in [0, 0.1) is 0 Å². The minimum absolute atomic E-state index is 0.0372. The Balaban J connectivity index is 4.44. The molecular weight excluding hydrogens is 201 g/mol. The van der Waals surface area contributed by atoms with Gasteiger partial charge in [-0.15, -0.1) is 0 Å². The van der Waals surface area contributed by atoms with E-state index in [0.717, 1.165) is 6.92 Å². The molecule has 2 N–H and O–H groups in total. The number of alkyl halides is 3. The van der Waals surface area contributed by atoms with E-state index in [1.807, 2.05) is 0 Å². The lowest BCUT2D eigenvalue weighted by molar-refractivity contribution is -0.143. The zero-order valence-corrected chi connectivity index (χ0v) is 7.76. The van der Waals surface area contributed by atoms with Gasteiger partial charge in [0.1, 0.15) is 6.04 Å². The number of rotatable bonds is 2. The highest BCUT2D eigenvalue weighted by Gasteiger charge is 2.36. The van der Waals surface area contributed by atoms with E-state index in [-0.39, 0.29) is 6.61 Å². The lowest BCUT2D eigenvalue weighted by Gasteiger charge is -2.11. The molecule has 0 amide bonds. The molecule has 0 fully saturated rings. The number of amidine groups is 1. The van der Waals surface area contributed by atoms with E-state index in [1.54, 1.807) is 0 Å². The summed E-state index contributed by atoms with van der Waals surface area (Å²) in [5, 5.41) is 0. The second-order valence-corrected chi connectivity index (χ2v) is 2.45. The standard InChI is InChI=1S/C7H11F3N2O2/c1-3-14-6(13)5(11)12-4(2)7(8,9)10/h4H,3H2,1-2H3,(H2,11,12). The van der Waals surface area contributed by atoms with Gasteiger partial charge in [0.25, 0.3) is 0 Å². The molecule has 0 heterocycles. The van der Waals surface area contributed by atoms with Gasteiger partial charge >= 0.3 is 12.1 Å². The average molecular weight is 212 g/mol. The van der Waals surface area contributed by atoms with Crippen LogP contribution in [0.15, 0.2) is 4.99 Å². The minimum atomic E-state index is -4.50. The van der Waals surface area contributed by atoms with Crippen LogP contribution in [0.3, 0.4) is 0 Å². The number of aliphatic imine (C=N–C) groups is 1. The summed E-state index contributed by atoms with van der Waals surface area (Å²) in [7, 11) is 0. The molecule has 0 radical (unpaired) electrons. The van der Waals surface area contributed by atoms with E-state index in [4.69, 9.17) is 5.73 Å². The monoisotopic (exact) mass is 212 g/mol. The van der Waals surface area contributed by atoms with Crippen molar-refractivity contribution in [2.24, 2.45) is 10.7 Å². The summed E-state index contributed by atoms with van der Waals surface area (Å²) in [5.74, 6) is -1.81. The molecule has 0 aliphatic heterocycles. The van der Waals surface area contributed by atoms with Gasteiger partial charge in [0.15, 0.2) is 0 Å². The fourth-order valence-electron chi connectivity index (χ4n) is 0.540. The van der Waals surface area contributed by atoms with Gasteiger partial charge in [0.05, 0.1) is 6.61 Å². The first-order chi connectivity index (χ1) is 6.29. The zero-order chi connectivity index (χ0) is 11.4. The van der Waals surface area contributed by atoms with Gasteiger partial charge < -0.3 is 10.5 Å². The third kappa shape index (κ3) is 4.11. The molecular formula is C7H11F3N2O2. The molecule has 0 rings (SSSR count). The maximum atomic E-state index is 11.9. The maximum Gasteiger partial charge on any atom is 0.410 e. The molecule has 14 heavy (non-hydrogen) atoms. The first-order valence-electron chi connectivity index (χ1n) is 3.86. The number of nitrogens with two attached hydrogens (primary N) is 1. The Hall–Kier alpha value is -1.27. The van der Waals surface area contributed by atoms with E-state index >= 15 is 0 Å². The molecule has 0 aromatic carbocycles. The molecule has 0 saturated carbocycles. The molecule has 0 aromatic rings.